The van der Waals surface area contributed by atoms with E-state index in [1.807, 2.05) is 0 Å². The molecule has 1 amide bonds. The van der Waals surface area contributed by atoms with E-state index < -0.39 is 0 Å². The Morgan fingerprint density at radius 3 is 2.53 bits per heavy atom. The summed E-state index contributed by atoms with van der Waals surface area (Å²) >= 11 is 0. The molecule has 2 rings (SSSR count). The molecule has 1 aliphatic carbocycles. The lowest BCUT2D eigenvalue weighted by Crippen LogP contribution is -2.50. The lowest BCUT2D eigenvalue weighted by Gasteiger charge is -2.35. The number of piperidine rings is 1. The third-order valence-corrected chi connectivity index (χ3v) is 4.08. The van der Waals surface area contributed by atoms with Crippen LogP contribution in [0.3, 0.4) is 0 Å². The van der Waals surface area contributed by atoms with Gasteiger partial charge in [0.1, 0.15) is 6.04 Å². The quantitative estimate of drug-likeness (QED) is 0.773. The number of carbonyl (C=O) groups is 2. The highest BCUT2D eigenvalue weighted by molar-refractivity contribution is 5.86. The second kappa shape index (κ2) is 7.10. The molecule has 110 valence electrons. The van der Waals surface area contributed by atoms with Gasteiger partial charge in [-0.1, -0.05) is 0 Å². The molecule has 0 aromatic carbocycles. The maximum absolute atomic E-state index is 12.4. The van der Waals surface area contributed by atoms with Crippen LogP contribution in [0.1, 0.15) is 38.5 Å². The Morgan fingerprint density at radius 2 is 1.95 bits per heavy atom. The maximum atomic E-state index is 12.4. The predicted molar refractivity (Wildman–Crippen MR) is 73.9 cm³/mol. The molecule has 1 saturated carbocycles. The Bertz CT molecular complexity index is 338. The smallest absolute Gasteiger partial charge is 0.328 e. The van der Waals surface area contributed by atoms with Crippen LogP contribution >= 0.6 is 12.4 Å². The zero-order chi connectivity index (χ0) is 13.1. The number of esters is 1. The zero-order valence-electron chi connectivity index (χ0n) is 11.3. The summed E-state index contributed by atoms with van der Waals surface area (Å²) < 4.78 is 4.80. The van der Waals surface area contributed by atoms with Crippen molar-refractivity contribution < 1.29 is 14.3 Å². The highest BCUT2D eigenvalue weighted by Gasteiger charge is 2.38. The van der Waals surface area contributed by atoms with Crippen LogP contribution in [0.5, 0.6) is 0 Å². The van der Waals surface area contributed by atoms with Crippen molar-refractivity contribution in [2.45, 2.75) is 50.6 Å². The van der Waals surface area contributed by atoms with Crippen LogP contribution in [-0.4, -0.2) is 42.5 Å². The first kappa shape index (κ1) is 16.2. The highest BCUT2D eigenvalue weighted by atomic mass is 35.5. The van der Waals surface area contributed by atoms with Crippen molar-refractivity contribution in [2.75, 3.05) is 13.7 Å². The van der Waals surface area contributed by atoms with Gasteiger partial charge in [-0.15, -0.1) is 12.4 Å². The Labute approximate surface area is 120 Å². The van der Waals surface area contributed by atoms with E-state index >= 15 is 0 Å². The number of hydrogen-bond acceptors (Lipinski definition) is 4. The molecule has 0 aromatic heterocycles. The molecule has 3 unspecified atom stereocenters. The Hall–Kier alpha value is -0.810. The molecule has 6 heteroatoms. The molecular weight excluding hydrogens is 268 g/mol. The maximum Gasteiger partial charge on any atom is 0.328 e. The van der Waals surface area contributed by atoms with Crippen molar-refractivity contribution in [3.63, 3.8) is 0 Å². The van der Waals surface area contributed by atoms with Crippen LogP contribution in [0.25, 0.3) is 0 Å². The summed E-state index contributed by atoms with van der Waals surface area (Å²) in [6, 6.07) is -0.242. The van der Waals surface area contributed by atoms with Crippen molar-refractivity contribution in [3.8, 4) is 0 Å². The average molecular weight is 291 g/mol. The van der Waals surface area contributed by atoms with Crippen LogP contribution in [-0.2, 0) is 14.3 Å². The Morgan fingerprint density at radius 1 is 1.21 bits per heavy atom. The van der Waals surface area contributed by atoms with Gasteiger partial charge in [0.15, 0.2) is 0 Å². The molecule has 2 N–H and O–H groups in total. The molecule has 0 aromatic rings. The fourth-order valence-electron chi connectivity index (χ4n) is 3.05. The van der Waals surface area contributed by atoms with Gasteiger partial charge in [0.2, 0.25) is 5.91 Å². The first-order valence-corrected chi connectivity index (χ1v) is 6.77. The van der Waals surface area contributed by atoms with Crippen molar-refractivity contribution in [2.24, 2.45) is 11.7 Å². The summed E-state index contributed by atoms with van der Waals surface area (Å²) in [6.45, 7) is 0.671. The van der Waals surface area contributed by atoms with E-state index in [4.69, 9.17) is 10.5 Å². The fourth-order valence-corrected chi connectivity index (χ4v) is 3.05. The summed E-state index contributed by atoms with van der Waals surface area (Å²) in [7, 11) is 1.38. The van der Waals surface area contributed by atoms with Crippen molar-refractivity contribution >= 4 is 24.3 Å². The van der Waals surface area contributed by atoms with E-state index in [-0.39, 0.29) is 42.3 Å². The van der Waals surface area contributed by atoms with Crippen LogP contribution in [0.15, 0.2) is 0 Å². The summed E-state index contributed by atoms with van der Waals surface area (Å²) in [5, 5.41) is 0. The van der Waals surface area contributed by atoms with Crippen LogP contribution in [0, 0.1) is 5.92 Å². The number of nitrogens with two attached hydrogens (primary N) is 1. The summed E-state index contributed by atoms with van der Waals surface area (Å²) in [4.78, 5) is 25.9. The van der Waals surface area contributed by atoms with E-state index in [2.05, 4.69) is 0 Å². The van der Waals surface area contributed by atoms with Crippen LogP contribution in [0.2, 0.25) is 0 Å². The largest absolute Gasteiger partial charge is 0.467 e. The van der Waals surface area contributed by atoms with Gasteiger partial charge >= 0.3 is 5.97 Å². The highest BCUT2D eigenvalue weighted by Crippen LogP contribution is 2.29. The summed E-state index contributed by atoms with van der Waals surface area (Å²) in [5.74, 6) is -0.186. The van der Waals surface area contributed by atoms with E-state index in [0.717, 1.165) is 38.5 Å². The van der Waals surface area contributed by atoms with Gasteiger partial charge in [-0.2, -0.15) is 0 Å². The number of amides is 1. The van der Waals surface area contributed by atoms with Gasteiger partial charge in [0.05, 0.1) is 7.11 Å². The second-order valence-corrected chi connectivity index (χ2v) is 5.34. The Balaban J connectivity index is 0.00000180. The fraction of sp³-hybridized carbons (Fsp3) is 0.846. The molecule has 1 heterocycles. The number of carbonyl (C=O) groups excluding carboxylic acids is 2. The Kier molecular flexibility index (Phi) is 6.07. The molecule has 0 spiro atoms. The minimum Gasteiger partial charge on any atom is -0.467 e. The number of hydrogen-bond donors (Lipinski definition) is 1. The van der Waals surface area contributed by atoms with E-state index in [9.17, 15) is 9.59 Å². The second-order valence-electron chi connectivity index (χ2n) is 5.34. The average Bonchev–Trinajstić information content (AvgIpc) is 2.83. The number of likely N-dealkylation sites (tertiary alicyclic amines) is 1. The van der Waals surface area contributed by atoms with Gasteiger partial charge in [-0.25, -0.2) is 4.79 Å². The third kappa shape index (κ3) is 3.60. The van der Waals surface area contributed by atoms with E-state index in [0.29, 0.717) is 6.54 Å². The van der Waals surface area contributed by atoms with Crippen LogP contribution < -0.4 is 5.73 Å². The number of halogens is 1. The lowest BCUT2D eigenvalue weighted by molar-refractivity contribution is -0.156. The number of rotatable bonds is 2. The zero-order valence-corrected chi connectivity index (χ0v) is 12.2. The number of methoxy groups -OCH3 is 1. The SMILES string of the molecule is COC(=O)C1CCCCN1C(=O)C1CCC(N)C1.Cl. The molecule has 19 heavy (non-hydrogen) atoms. The standard InChI is InChI=1S/C13H22N2O3.ClH/c1-18-13(17)11-4-2-3-7-15(11)12(16)9-5-6-10(14)8-9;/h9-11H,2-8,14H2,1H3;1H. The minimum atomic E-state index is -0.381. The molecule has 1 saturated heterocycles. The molecule has 3 atom stereocenters. The molecule has 0 bridgehead atoms. The van der Waals surface area contributed by atoms with Gasteiger partial charge in [-0.3, -0.25) is 4.79 Å². The molecule has 2 fully saturated rings. The molecule has 2 aliphatic rings. The van der Waals surface area contributed by atoms with Gasteiger partial charge in [-0.05, 0) is 38.5 Å². The number of nitrogens with zero attached hydrogens (tertiary/aromatic N) is 1. The van der Waals surface area contributed by atoms with Crippen molar-refractivity contribution in [1.29, 1.82) is 0 Å². The topological polar surface area (TPSA) is 72.6 Å². The monoisotopic (exact) mass is 290 g/mol. The van der Waals surface area contributed by atoms with Gasteiger partial charge in [0, 0.05) is 18.5 Å². The van der Waals surface area contributed by atoms with Gasteiger partial charge < -0.3 is 15.4 Å². The first-order valence-electron chi connectivity index (χ1n) is 6.77. The molecule has 5 nitrogen and oxygen atoms in total. The minimum absolute atomic E-state index is 0. The predicted octanol–water partition coefficient (Wildman–Crippen LogP) is 1.09. The van der Waals surface area contributed by atoms with Crippen molar-refractivity contribution in [3.05, 3.63) is 0 Å². The normalized spacial score (nSPS) is 30.6. The number of ether oxygens (including phenoxy) is 1. The summed E-state index contributed by atoms with van der Waals surface area (Å²) in [6.07, 6.45) is 5.18. The summed E-state index contributed by atoms with van der Waals surface area (Å²) in [5.41, 5.74) is 5.85. The molecule has 1 aliphatic heterocycles. The van der Waals surface area contributed by atoms with E-state index in [1.54, 1.807) is 4.90 Å². The lowest BCUT2D eigenvalue weighted by atomic mass is 9.98. The molecular formula is C13H23ClN2O3. The van der Waals surface area contributed by atoms with Crippen LogP contribution in [0.4, 0.5) is 0 Å². The van der Waals surface area contributed by atoms with E-state index in [1.165, 1.54) is 7.11 Å². The molecule has 0 radical (unpaired) electrons. The van der Waals surface area contributed by atoms with Crippen molar-refractivity contribution in [1.82, 2.24) is 4.90 Å². The van der Waals surface area contributed by atoms with Gasteiger partial charge in [0.25, 0.3) is 0 Å². The third-order valence-electron chi connectivity index (χ3n) is 4.08. The first-order chi connectivity index (χ1) is 8.63.